The summed E-state index contributed by atoms with van der Waals surface area (Å²) in [4.78, 5) is 14.1. The molecule has 0 fully saturated rings. The Bertz CT molecular complexity index is 707. The summed E-state index contributed by atoms with van der Waals surface area (Å²) in [5, 5.41) is 5.25. The Morgan fingerprint density at radius 3 is 3.05 bits per heavy atom. The van der Waals surface area contributed by atoms with Crippen LogP contribution in [0.3, 0.4) is 0 Å². The molecule has 1 aromatic carbocycles. The summed E-state index contributed by atoms with van der Waals surface area (Å²) in [6.07, 6.45) is 5.46. The van der Waals surface area contributed by atoms with Gasteiger partial charge in [0, 0.05) is 22.2 Å². The molecule has 0 saturated heterocycles. The first-order valence-corrected chi connectivity index (χ1v) is 8.83. The standard InChI is InChI=1S/C18H19NO2S/c20-18(14-11-22-17-8-4-2-5-12(14)17)19-15-9-10-21-16-7-3-1-6-13(15)16/h1,3,6-7,11,15H,2,4-5,8-10H2,(H,19,20)/t15-/m1/s1. The summed E-state index contributed by atoms with van der Waals surface area (Å²) >= 11 is 1.74. The normalized spacial score (nSPS) is 19.7. The second-order valence-electron chi connectivity index (χ2n) is 5.96. The molecule has 1 aliphatic carbocycles. The summed E-state index contributed by atoms with van der Waals surface area (Å²) < 4.78 is 5.67. The molecule has 1 amide bonds. The molecular weight excluding hydrogens is 294 g/mol. The Balaban J connectivity index is 1.57. The SMILES string of the molecule is O=C(N[C@@H]1CCOc2ccccc21)c1csc2c1CCCC2. The van der Waals surface area contributed by atoms with Gasteiger partial charge in [0.05, 0.1) is 18.2 Å². The number of thiophene rings is 1. The highest BCUT2D eigenvalue weighted by molar-refractivity contribution is 7.10. The fraction of sp³-hybridized carbons (Fsp3) is 0.389. The van der Waals surface area contributed by atoms with Crippen LogP contribution in [0.5, 0.6) is 5.75 Å². The highest BCUT2D eigenvalue weighted by Crippen LogP contribution is 2.33. The number of carbonyl (C=O) groups is 1. The van der Waals surface area contributed by atoms with Gasteiger partial charge in [0.1, 0.15) is 5.75 Å². The molecule has 0 unspecified atom stereocenters. The number of para-hydroxylation sites is 1. The van der Waals surface area contributed by atoms with Crippen LogP contribution in [0.25, 0.3) is 0 Å². The van der Waals surface area contributed by atoms with E-state index in [0.29, 0.717) is 6.61 Å². The molecule has 1 aromatic heterocycles. The van der Waals surface area contributed by atoms with Crippen LogP contribution in [0.1, 0.15) is 51.7 Å². The molecule has 4 heteroatoms. The zero-order chi connectivity index (χ0) is 14.9. The van der Waals surface area contributed by atoms with Gasteiger partial charge in [0.2, 0.25) is 0 Å². The topological polar surface area (TPSA) is 38.3 Å². The Hall–Kier alpha value is -1.81. The number of fused-ring (bicyclic) bond motifs is 2. The number of nitrogens with one attached hydrogen (secondary N) is 1. The molecular formula is C18H19NO2S. The number of hydrogen-bond donors (Lipinski definition) is 1. The van der Waals surface area contributed by atoms with E-state index in [1.54, 1.807) is 11.3 Å². The molecule has 2 heterocycles. The fourth-order valence-corrected chi connectivity index (χ4v) is 4.54. The van der Waals surface area contributed by atoms with E-state index >= 15 is 0 Å². The van der Waals surface area contributed by atoms with Crippen LogP contribution in [0.15, 0.2) is 29.6 Å². The number of benzene rings is 1. The number of ether oxygens (including phenoxy) is 1. The highest BCUT2D eigenvalue weighted by Gasteiger charge is 2.25. The molecule has 2 aliphatic rings. The molecule has 22 heavy (non-hydrogen) atoms. The van der Waals surface area contributed by atoms with Gasteiger partial charge in [-0.2, -0.15) is 0 Å². The molecule has 0 radical (unpaired) electrons. The summed E-state index contributed by atoms with van der Waals surface area (Å²) in [5.41, 5.74) is 3.27. The van der Waals surface area contributed by atoms with Gasteiger partial charge in [-0.05, 0) is 37.3 Å². The molecule has 0 saturated carbocycles. The van der Waals surface area contributed by atoms with Crippen molar-refractivity contribution in [2.24, 2.45) is 0 Å². The zero-order valence-corrected chi connectivity index (χ0v) is 13.2. The largest absolute Gasteiger partial charge is 0.493 e. The minimum atomic E-state index is 0.0524. The lowest BCUT2D eigenvalue weighted by Gasteiger charge is -2.26. The maximum Gasteiger partial charge on any atom is 0.252 e. The van der Waals surface area contributed by atoms with E-state index < -0.39 is 0 Å². The van der Waals surface area contributed by atoms with Crippen molar-refractivity contribution in [2.75, 3.05) is 6.61 Å². The first kappa shape index (κ1) is 13.8. The van der Waals surface area contributed by atoms with E-state index in [-0.39, 0.29) is 11.9 Å². The van der Waals surface area contributed by atoms with E-state index in [4.69, 9.17) is 4.74 Å². The van der Waals surface area contributed by atoms with Crippen molar-refractivity contribution in [3.63, 3.8) is 0 Å². The van der Waals surface area contributed by atoms with E-state index in [1.807, 2.05) is 29.6 Å². The Morgan fingerprint density at radius 1 is 1.23 bits per heavy atom. The average Bonchev–Trinajstić information content (AvgIpc) is 2.99. The summed E-state index contributed by atoms with van der Waals surface area (Å²) in [6, 6.07) is 8.04. The predicted molar refractivity (Wildman–Crippen MR) is 87.7 cm³/mol. The summed E-state index contributed by atoms with van der Waals surface area (Å²) in [5.74, 6) is 0.965. The van der Waals surface area contributed by atoms with Gasteiger partial charge in [-0.15, -0.1) is 11.3 Å². The van der Waals surface area contributed by atoms with Crippen molar-refractivity contribution in [3.05, 3.63) is 51.2 Å². The monoisotopic (exact) mass is 313 g/mol. The summed E-state index contributed by atoms with van der Waals surface area (Å²) in [7, 11) is 0. The van der Waals surface area contributed by atoms with Crippen LogP contribution < -0.4 is 10.1 Å². The number of rotatable bonds is 2. The fourth-order valence-electron chi connectivity index (χ4n) is 3.41. The summed E-state index contributed by atoms with van der Waals surface area (Å²) in [6.45, 7) is 0.656. The lowest BCUT2D eigenvalue weighted by Crippen LogP contribution is -2.32. The van der Waals surface area contributed by atoms with Crippen molar-refractivity contribution in [1.29, 1.82) is 0 Å². The van der Waals surface area contributed by atoms with Gasteiger partial charge < -0.3 is 10.1 Å². The molecule has 2 aromatic rings. The van der Waals surface area contributed by atoms with E-state index in [1.165, 1.54) is 23.3 Å². The lowest BCUT2D eigenvalue weighted by atomic mass is 9.95. The quantitative estimate of drug-likeness (QED) is 0.913. The third kappa shape index (κ3) is 2.41. The van der Waals surface area contributed by atoms with Crippen LogP contribution in [0.4, 0.5) is 0 Å². The maximum atomic E-state index is 12.7. The van der Waals surface area contributed by atoms with Gasteiger partial charge in [-0.3, -0.25) is 4.79 Å². The van der Waals surface area contributed by atoms with Crippen LogP contribution in [0, 0.1) is 0 Å². The molecule has 0 spiro atoms. The van der Waals surface area contributed by atoms with Crippen LogP contribution in [-0.2, 0) is 12.8 Å². The first-order chi connectivity index (χ1) is 10.8. The minimum Gasteiger partial charge on any atom is -0.493 e. The lowest BCUT2D eigenvalue weighted by molar-refractivity contribution is 0.0924. The molecule has 4 rings (SSSR count). The highest BCUT2D eigenvalue weighted by atomic mass is 32.1. The van der Waals surface area contributed by atoms with Gasteiger partial charge >= 0.3 is 0 Å². The third-order valence-electron chi connectivity index (χ3n) is 4.57. The molecule has 0 bridgehead atoms. The molecule has 1 atom stereocenters. The van der Waals surface area contributed by atoms with Crippen molar-refractivity contribution < 1.29 is 9.53 Å². The van der Waals surface area contributed by atoms with Gasteiger partial charge in [0.15, 0.2) is 0 Å². The molecule has 114 valence electrons. The molecule has 1 N–H and O–H groups in total. The Labute approximate surface area is 134 Å². The number of amides is 1. The smallest absolute Gasteiger partial charge is 0.252 e. The second kappa shape index (κ2) is 5.76. The van der Waals surface area contributed by atoms with E-state index in [2.05, 4.69) is 5.32 Å². The second-order valence-corrected chi connectivity index (χ2v) is 6.92. The van der Waals surface area contributed by atoms with Crippen LogP contribution >= 0.6 is 11.3 Å². The van der Waals surface area contributed by atoms with Crippen LogP contribution in [-0.4, -0.2) is 12.5 Å². The zero-order valence-electron chi connectivity index (χ0n) is 12.4. The van der Waals surface area contributed by atoms with Crippen molar-refractivity contribution in [3.8, 4) is 5.75 Å². The third-order valence-corrected chi connectivity index (χ3v) is 5.66. The van der Waals surface area contributed by atoms with Crippen molar-refractivity contribution in [2.45, 2.75) is 38.1 Å². The number of carbonyl (C=O) groups excluding carboxylic acids is 1. The predicted octanol–water partition coefficient (Wildman–Crippen LogP) is 3.88. The van der Waals surface area contributed by atoms with Gasteiger partial charge in [-0.25, -0.2) is 0 Å². The van der Waals surface area contributed by atoms with Gasteiger partial charge in [-0.1, -0.05) is 18.2 Å². The van der Waals surface area contributed by atoms with Crippen LogP contribution in [0.2, 0.25) is 0 Å². The number of hydrogen-bond acceptors (Lipinski definition) is 3. The van der Waals surface area contributed by atoms with E-state index in [9.17, 15) is 4.79 Å². The maximum absolute atomic E-state index is 12.7. The van der Waals surface area contributed by atoms with Crippen molar-refractivity contribution >= 4 is 17.2 Å². The Morgan fingerprint density at radius 2 is 2.09 bits per heavy atom. The Kier molecular flexibility index (Phi) is 3.62. The van der Waals surface area contributed by atoms with E-state index in [0.717, 1.165) is 36.1 Å². The van der Waals surface area contributed by atoms with Crippen molar-refractivity contribution in [1.82, 2.24) is 5.32 Å². The van der Waals surface area contributed by atoms with Gasteiger partial charge in [0.25, 0.3) is 5.91 Å². The average molecular weight is 313 g/mol. The molecule has 3 nitrogen and oxygen atoms in total. The molecule has 1 aliphatic heterocycles. The number of aryl methyl sites for hydroxylation is 1. The first-order valence-electron chi connectivity index (χ1n) is 7.95. The minimum absolute atomic E-state index is 0.0524.